The van der Waals surface area contributed by atoms with Gasteiger partial charge in [-0.2, -0.15) is 0 Å². The lowest BCUT2D eigenvalue weighted by Crippen LogP contribution is -1.97. The number of aromatic nitrogens is 2. The molecule has 78 valence electrons. The van der Waals surface area contributed by atoms with Crippen molar-refractivity contribution in [2.75, 3.05) is 12.4 Å². The Labute approximate surface area is 101 Å². The van der Waals surface area contributed by atoms with Crippen molar-refractivity contribution in [3.8, 4) is 0 Å². The zero-order valence-electron chi connectivity index (χ0n) is 7.68. The highest BCUT2D eigenvalue weighted by Crippen LogP contribution is 2.33. The molecule has 0 aliphatic carbocycles. The van der Waals surface area contributed by atoms with Gasteiger partial charge in [0.2, 0.25) is 5.28 Å². The number of nitrogens with zero attached hydrogens (tertiary/aromatic N) is 2. The highest BCUT2D eigenvalue weighted by molar-refractivity contribution is 6.41. The van der Waals surface area contributed by atoms with Crippen LogP contribution < -0.4 is 5.32 Å². The molecule has 0 fully saturated rings. The molecule has 1 aromatic heterocycles. The lowest BCUT2D eigenvalue weighted by atomic mass is 10.2. The van der Waals surface area contributed by atoms with Gasteiger partial charge in [-0.05, 0) is 23.7 Å². The van der Waals surface area contributed by atoms with Gasteiger partial charge in [-0.25, -0.2) is 9.97 Å². The molecule has 0 radical (unpaired) electrons. The molecule has 2 aromatic rings. The van der Waals surface area contributed by atoms with E-state index in [0.717, 1.165) is 0 Å². The second kappa shape index (κ2) is 4.00. The summed E-state index contributed by atoms with van der Waals surface area (Å²) >= 11 is 17.8. The van der Waals surface area contributed by atoms with E-state index < -0.39 is 0 Å². The molecule has 0 saturated carbocycles. The Kier molecular flexibility index (Phi) is 2.87. The van der Waals surface area contributed by atoms with E-state index >= 15 is 0 Å². The summed E-state index contributed by atoms with van der Waals surface area (Å²) in [5.41, 5.74) is 0.550. The Balaban J connectivity index is 2.95. The molecule has 0 aliphatic heterocycles. The minimum Gasteiger partial charge on any atom is -0.372 e. The molecule has 6 heteroatoms. The third kappa shape index (κ3) is 1.83. The summed E-state index contributed by atoms with van der Waals surface area (Å²) < 4.78 is 0. The Hall–Kier alpha value is -0.770. The van der Waals surface area contributed by atoms with E-state index in [1.807, 2.05) is 0 Å². The van der Waals surface area contributed by atoms with Crippen LogP contribution in [-0.4, -0.2) is 17.0 Å². The summed E-state index contributed by atoms with van der Waals surface area (Å²) in [4.78, 5) is 8.06. The van der Waals surface area contributed by atoms with Crippen LogP contribution in [0.2, 0.25) is 15.3 Å². The van der Waals surface area contributed by atoms with Crippen molar-refractivity contribution in [2.24, 2.45) is 0 Å². The Morgan fingerprint density at radius 2 is 1.73 bits per heavy atom. The first kappa shape index (κ1) is 10.7. The normalized spacial score (nSPS) is 10.7. The van der Waals surface area contributed by atoms with Gasteiger partial charge < -0.3 is 5.32 Å². The predicted octanol–water partition coefficient (Wildman–Crippen LogP) is 3.63. The zero-order chi connectivity index (χ0) is 11.0. The first-order chi connectivity index (χ1) is 7.13. The van der Waals surface area contributed by atoms with Gasteiger partial charge in [0.25, 0.3) is 0 Å². The second-order valence-corrected chi connectivity index (χ2v) is 4.00. The van der Waals surface area contributed by atoms with Gasteiger partial charge in [0, 0.05) is 7.05 Å². The van der Waals surface area contributed by atoms with Gasteiger partial charge >= 0.3 is 0 Å². The summed E-state index contributed by atoms with van der Waals surface area (Å²) in [7, 11) is 1.73. The largest absolute Gasteiger partial charge is 0.372 e. The van der Waals surface area contributed by atoms with Gasteiger partial charge in [0.05, 0.1) is 20.9 Å². The molecule has 0 unspecified atom stereocenters. The Bertz CT molecular complexity index is 527. The minimum absolute atomic E-state index is 0.135. The van der Waals surface area contributed by atoms with Crippen LogP contribution >= 0.6 is 34.8 Å². The Morgan fingerprint density at radius 3 is 2.40 bits per heavy atom. The fourth-order valence-corrected chi connectivity index (χ4v) is 1.93. The number of nitrogens with one attached hydrogen (secondary N) is 1. The fraction of sp³-hybridized carbons (Fsp3) is 0.111. The highest BCUT2D eigenvalue weighted by Gasteiger charge is 2.11. The van der Waals surface area contributed by atoms with Crippen molar-refractivity contribution >= 4 is 51.5 Å². The van der Waals surface area contributed by atoms with E-state index in [2.05, 4.69) is 15.3 Å². The van der Waals surface area contributed by atoms with Gasteiger partial charge in [-0.3, -0.25) is 0 Å². The standard InChI is InChI=1S/C9H6Cl3N3/c1-13-8-6-4(10)2-3-5(11)7(6)14-9(12)15-8/h2-3H,1H3,(H,13,14,15). The molecule has 3 nitrogen and oxygen atoms in total. The maximum atomic E-state index is 6.04. The van der Waals surface area contributed by atoms with Gasteiger partial charge in [-0.1, -0.05) is 23.2 Å². The lowest BCUT2D eigenvalue weighted by molar-refractivity contribution is 1.21. The topological polar surface area (TPSA) is 37.8 Å². The molecule has 15 heavy (non-hydrogen) atoms. The van der Waals surface area contributed by atoms with Crippen LogP contribution in [-0.2, 0) is 0 Å². The molecular formula is C9H6Cl3N3. The third-order valence-corrected chi connectivity index (χ3v) is 2.75. The van der Waals surface area contributed by atoms with Crippen LogP contribution in [0, 0.1) is 0 Å². The molecule has 0 amide bonds. The van der Waals surface area contributed by atoms with Gasteiger partial charge in [-0.15, -0.1) is 0 Å². The van der Waals surface area contributed by atoms with E-state index in [1.54, 1.807) is 19.2 Å². The van der Waals surface area contributed by atoms with Gasteiger partial charge in [0.1, 0.15) is 5.82 Å². The second-order valence-electron chi connectivity index (χ2n) is 2.84. The molecule has 2 rings (SSSR count). The first-order valence-corrected chi connectivity index (χ1v) is 5.26. The Morgan fingerprint density at radius 1 is 1.07 bits per heavy atom. The summed E-state index contributed by atoms with van der Waals surface area (Å²) in [6, 6.07) is 3.37. The smallest absolute Gasteiger partial charge is 0.224 e. The highest BCUT2D eigenvalue weighted by atomic mass is 35.5. The van der Waals surface area contributed by atoms with Crippen molar-refractivity contribution in [2.45, 2.75) is 0 Å². The van der Waals surface area contributed by atoms with E-state index in [0.29, 0.717) is 26.8 Å². The average Bonchev–Trinajstić information content (AvgIpc) is 2.22. The quantitative estimate of drug-likeness (QED) is 0.798. The predicted molar refractivity (Wildman–Crippen MR) is 64.1 cm³/mol. The third-order valence-electron chi connectivity index (χ3n) is 1.96. The van der Waals surface area contributed by atoms with Crippen LogP contribution in [0.5, 0.6) is 0 Å². The van der Waals surface area contributed by atoms with E-state index in [-0.39, 0.29) is 5.28 Å². The van der Waals surface area contributed by atoms with E-state index in [4.69, 9.17) is 34.8 Å². The fourth-order valence-electron chi connectivity index (χ4n) is 1.32. The number of benzene rings is 1. The van der Waals surface area contributed by atoms with Crippen LogP contribution in [0.25, 0.3) is 10.9 Å². The number of hydrogen-bond donors (Lipinski definition) is 1. The summed E-state index contributed by atoms with van der Waals surface area (Å²) in [6.45, 7) is 0. The minimum atomic E-state index is 0.135. The summed E-state index contributed by atoms with van der Waals surface area (Å²) in [5.74, 6) is 0.567. The molecule has 0 bridgehead atoms. The number of fused-ring (bicyclic) bond motifs is 1. The van der Waals surface area contributed by atoms with Crippen LogP contribution in [0.1, 0.15) is 0 Å². The number of hydrogen-bond acceptors (Lipinski definition) is 3. The molecule has 1 aromatic carbocycles. The molecule has 1 N–H and O–H groups in total. The zero-order valence-corrected chi connectivity index (χ0v) is 9.95. The first-order valence-electron chi connectivity index (χ1n) is 4.12. The number of halogens is 3. The molecule has 0 saturated heterocycles. The van der Waals surface area contributed by atoms with Crippen LogP contribution in [0.4, 0.5) is 5.82 Å². The van der Waals surface area contributed by atoms with E-state index in [1.165, 1.54) is 0 Å². The van der Waals surface area contributed by atoms with Crippen molar-refractivity contribution in [3.05, 3.63) is 27.5 Å². The van der Waals surface area contributed by atoms with Crippen molar-refractivity contribution < 1.29 is 0 Å². The molecule has 1 heterocycles. The monoisotopic (exact) mass is 261 g/mol. The summed E-state index contributed by atoms with van der Waals surface area (Å²) in [5, 5.41) is 4.75. The SMILES string of the molecule is CNc1nc(Cl)nc2c(Cl)ccc(Cl)c12. The van der Waals surface area contributed by atoms with Crippen LogP contribution in [0.3, 0.4) is 0 Å². The molecular weight excluding hydrogens is 256 g/mol. The average molecular weight is 263 g/mol. The van der Waals surface area contributed by atoms with Crippen molar-refractivity contribution in [1.29, 1.82) is 0 Å². The number of anilines is 1. The van der Waals surface area contributed by atoms with Crippen molar-refractivity contribution in [3.63, 3.8) is 0 Å². The van der Waals surface area contributed by atoms with Crippen LogP contribution in [0.15, 0.2) is 12.1 Å². The lowest BCUT2D eigenvalue weighted by Gasteiger charge is -2.07. The maximum Gasteiger partial charge on any atom is 0.224 e. The van der Waals surface area contributed by atoms with E-state index in [9.17, 15) is 0 Å². The summed E-state index contributed by atoms with van der Waals surface area (Å²) in [6.07, 6.45) is 0. The number of rotatable bonds is 1. The molecule has 0 atom stereocenters. The van der Waals surface area contributed by atoms with Crippen molar-refractivity contribution in [1.82, 2.24) is 9.97 Å². The van der Waals surface area contributed by atoms with Gasteiger partial charge in [0.15, 0.2) is 0 Å². The molecule has 0 aliphatic rings. The molecule has 0 spiro atoms. The maximum absolute atomic E-state index is 6.04.